The van der Waals surface area contributed by atoms with Crippen molar-refractivity contribution in [3.63, 3.8) is 0 Å². The minimum Gasteiger partial charge on any atom is -0.491 e. The number of methoxy groups -OCH3 is 1. The Morgan fingerprint density at radius 1 is 0.542 bits per heavy atom. The van der Waals surface area contributed by atoms with Crippen LogP contribution in [0.5, 0.6) is 17.2 Å². The number of halogens is 1. The number of hydrogen-bond donors (Lipinski definition) is 1. The number of oxazole rings is 1. The summed E-state index contributed by atoms with van der Waals surface area (Å²) < 4.78 is 70.0. The van der Waals surface area contributed by atoms with Crippen molar-refractivity contribution in [3.05, 3.63) is 238 Å². The van der Waals surface area contributed by atoms with E-state index in [4.69, 9.17) is 30.2 Å². The highest BCUT2D eigenvalue weighted by atomic mass is 35.5. The van der Waals surface area contributed by atoms with E-state index in [2.05, 4.69) is 163 Å². The fourth-order valence-electron chi connectivity index (χ4n) is 9.98. The molecular formula is C81H102ClN3O9S2. The molecule has 1 aromatic heterocycles. The summed E-state index contributed by atoms with van der Waals surface area (Å²) in [5.74, 6) is 2.26. The van der Waals surface area contributed by atoms with Crippen LogP contribution in [0, 0.1) is 6.92 Å². The molecule has 15 heteroatoms. The van der Waals surface area contributed by atoms with E-state index in [-0.39, 0.29) is 48.5 Å². The van der Waals surface area contributed by atoms with Crippen molar-refractivity contribution in [2.75, 3.05) is 45.0 Å². The van der Waals surface area contributed by atoms with E-state index in [0.717, 1.165) is 65.2 Å². The van der Waals surface area contributed by atoms with Crippen LogP contribution in [-0.4, -0.2) is 72.3 Å². The summed E-state index contributed by atoms with van der Waals surface area (Å²) in [5, 5.41) is 3.51. The molecule has 1 amide bonds. The lowest BCUT2D eigenvalue weighted by molar-refractivity contribution is 0.0724. The molecule has 10 rings (SSSR count). The number of rotatable bonds is 13. The molecule has 0 saturated carbocycles. The summed E-state index contributed by atoms with van der Waals surface area (Å²) in [6, 6.07) is 60.1. The third-order valence-corrected chi connectivity index (χ3v) is 19.5. The minimum absolute atomic E-state index is 0.0411. The van der Waals surface area contributed by atoms with Gasteiger partial charge in [-0.2, -0.15) is 4.98 Å². The monoisotopic (exact) mass is 1360 g/mol. The Hall–Kier alpha value is -7.75. The second kappa shape index (κ2) is 33.5. The van der Waals surface area contributed by atoms with E-state index in [0.29, 0.717) is 35.8 Å². The van der Waals surface area contributed by atoms with Gasteiger partial charge in [0.25, 0.3) is 11.9 Å². The standard InChI is InChI=1S/C18H21ClO2S.C17H18N2O.C17H20O3S.C16H23NO.C13H20O2/c1-13-6-5-7-16(17(13)19)22(20,21)12-14-8-10-15(11-9-14)18(2,3)4;1-17(2,3)12-8-10-13(11-9-12)18-16-19-14-6-4-5-7-15(14)20-16;1-17(2,3)13-8-10-14(11-9-13)20-15-6-5-7-16(12-15)21(4,18)19;1-16(2,3)14-9-7-13(8-10-14)15(18)17-11-5-4-6-12-17;1-13(2,3)11-5-7-12(8-6-11)15-10-9-14-4/h5-11H,12H2,1-4H3;4-11H,1-3H3,(H,18,19);5-12H,1-4H3;7-10H,4-6,11-12H2,1-3H3;5-8H,9-10H2,1-4H3. The van der Waals surface area contributed by atoms with Crippen LogP contribution in [0.1, 0.15) is 172 Å². The average Bonchev–Trinajstić information content (AvgIpc) is 0.851. The molecule has 1 saturated heterocycles. The Labute approximate surface area is 579 Å². The van der Waals surface area contributed by atoms with Gasteiger partial charge in [-0.05, 0) is 177 Å². The first-order chi connectivity index (χ1) is 44.8. The minimum atomic E-state index is -3.45. The molecule has 1 fully saturated rings. The summed E-state index contributed by atoms with van der Waals surface area (Å²) in [6.07, 6.45) is 4.73. The lowest BCUT2D eigenvalue weighted by Gasteiger charge is -2.27. The maximum Gasteiger partial charge on any atom is 0.300 e. The molecule has 0 atom stereocenters. The van der Waals surface area contributed by atoms with Crippen LogP contribution in [-0.2, 0) is 57.2 Å². The number of amides is 1. The summed E-state index contributed by atoms with van der Waals surface area (Å²) in [7, 11) is -5.00. The second-order valence-electron chi connectivity index (χ2n) is 29.5. The highest BCUT2D eigenvalue weighted by Gasteiger charge is 2.23. The predicted molar refractivity (Wildman–Crippen MR) is 397 cm³/mol. The molecule has 0 unspecified atom stereocenters. The highest BCUT2D eigenvalue weighted by molar-refractivity contribution is 7.91. The van der Waals surface area contributed by atoms with Crippen LogP contribution in [0.2, 0.25) is 5.02 Å². The van der Waals surface area contributed by atoms with Gasteiger partial charge in [-0.15, -0.1) is 0 Å². The molecule has 8 aromatic carbocycles. The maximum absolute atomic E-state index is 12.6. The SMILES string of the molecule is CC(C)(C)c1ccc(C(=O)N2CCCCC2)cc1.CC(C)(C)c1ccc(Nc2nc3ccccc3o2)cc1.CC(C)(C)c1ccc(Oc2cccc(S(C)(=O)=O)c2)cc1.COCCOc1ccc(C(C)(C)C)cc1.Cc1cccc(S(=O)(=O)Cc2ccc(C(C)(C)C)cc2)c1Cl. The molecule has 0 radical (unpaired) electrons. The van der Waals surface area contributed by atoms with E-state index in [9.17, 15) is 21.6 Å². The maximum atomic E-state index is 12.6. The number of ether oxygens (including phenoxy) is 3. The van der Waals surface area contributed by atoms with Gasteiger partial charge in [-0.3, -0.25) is 4.79 Å². The molecule has 0 spiro atoms. The Balaban J connectivity index is 0.000000191. The van der Waals surface area contributed by atoms with Crippen LogP contribution < -0.4 is 14.8 Å². The number of benzene rings is 8. The Morgan fingerprint density at radius 3 is 1.50 bits per heavy atom. The van der Waals surface area contributed by atoms with Crippen LogP contribution in [0.25, 0.3) is 11.1 Å². The fourth-order valence-corrected chi connectivity index (χ4v) is 12.6. The Morgan fingerprint density at radius 2 is 1.01 bits per heavy atom. The molecule has 96 heavy (non-hydrogen) atoms. The predicted octanol–water partition coefficient (Wildman–Crippen LogP) is 20.6. The zero-order chi connectivity index (χ0) is 70.9. The molecule has 9 aromatic rings. The number of likely N-dealkylation sites (tertiary alicyclic amines) is 1. The number of aromatic nitrogens is 1. The number of nitrogens with one attached hydrogen (secondary N) is 1. The summed E-state index contributed by atoms with van der Waals surface area (Å²) >= 11 is 6.15. The van der Waals surface area contributed by atoms with Crippen LogP contribution in [0.4, 0.5) is 11.7 Å². The number of sulfone groups is 2. The Kier molecular flexibility index (Phi) is 26.9. The van der Waals surface area contributed by atoms with E-state index >= 15 is 0 Å². The first kappa shape index (κ1) is 77.3. The van der Waals surface area contributed by atoms with Crippen molar-refractivity contribution in [1.29, 1.82) is 0 Å². The van der Waals surface area contributed by atoms with Crippen LogP contribution >= 0.6 is 11.6 Å². The first-order valence-corrected chi connectivity index (χ1v) is 36.7. The molecule has 1 aliphatic rings. The molecule has 514 valence electrons. The average molecular weight is 1360 g/mol. The van der Waals surface area contributed by atoms with Gasteiger partial charge in [0.15, 0.2) is 25.3 Å². The lowest BCUT2D eigenvalue weighted by atomic mass is 9.86. The summed E-state index contributed by atoms with van der Waals surface area (Å²) in [5.41, 5.74) is 12.0. The first-order valence-electron chi connectivity index (χ1n) is 32.8. The number of piperidine rings is 1. The largest absolute Gasteiger partial charge is 0.491 e. The van der Waals surface area contributed by atoms with Crippen molar-refractivity contribution < 1.29 is 40.3 Å². The van der Waals surface area contributed by atoms with Crippen LogP contribution in [0.3, 0.4) is 0 Å². The molecule has 2 heterocycles. The van der Waals surface area contributed by atoms with Crippen molar-refractivity contribution in [2.45, 2.75) is 173 Å². The van der Waals surface area contributed by atoms with Crippen molar-refractivity contribution in [1.82, 2.24) is 9.88 Å². The number of aryl methyl sites for hydroxylation is 1. The molecule has 1 N–H and O–H groups in total. The number of fused-ring (bicyclic) bond motifs is 1. The van der Waals surface area contributed by atoms with Gasteiger partial charge in [0.05, 0.1) is 27.2 Å². The van der Waals surface area contributed by atoms with Gasteiger partial charge in [0.2, 0.25) is 0 Å². The van der Waals surface area contributed by atoms with Crippen molar-refractivity contribution in [2.24, 2.45) is 0 Å². The lowest BCUT2D eigenvalue weighted by Crippen LogP contribution is -2.35. The van der Waals surface area contributed by atoms with Gasteiger partial charge in [-0.25, -0.2) is 16.8 Å². The number of nitrogens with zero attached hydrogens (tertiary/aromatic N) is 2. The number of carbonyl (C=O) groups excluding carboxylic acids is 1. The van der Waals surface area contributed by atoms with E-state index in [1.165, 1.54) is 46.6 Å². The number of carbonyl (C=O) groups is 1. The number of anilines is 2. The van der Waals surface area contributed by atoms with Crippen molar-refractivity contribution >= 4 is 60.0 Å². The van der Waals surface area contributed by atoms with Gasteiger partial charge >= 0.3 is 0 Å². The number of para-hydroxylation sites is 2. The highest BCUT2D eigenvalue weighted by Crippen LogP contribution is 2.32. The third-order valence-electron chi connectivity index (χ3n) is 16.1. The summed E-state index contributed by atoms with van der Waals surface area (Å²) in [6.45, 7) is 37.5. The fraction of sp³-hybridized carbons (Fsp3) is 0.383. The molecule has 0 bridgehead atoms. The molecular weight excluding hydrogens is 1260 g/mol. The second-order valence-corrected chi connectivity index (χ2v) is 33.8. The van der Waals surface area contributed by atoms with E-state index in [1.807, 2.05) is 102 Å². The van der Waals surface area contributed by atoms with Gasteiger partial charge < -0.3 is 28.8 Å². The third kappa shape index (κ3) is 24.1. The normalized spacial score (nSPS) is 12.9. The van der Waals surface area contributed by atoms with Gasteiger partial charge in [-0.1, -0.05) is 219 Å². The topological polar surface area (TPSA) is 154 Å². The number of hydrogen-bond acceptors (Lipinski definition) is 11. The Bertz CT molecular complexity index is 4110. The smallest absolute Gasteiger partial charge is 0.300 e. The van der Waals surface area contributed by atoms with E-state index in [1.54, 1.807) is 50.4 Å². The molecule has 1 aliphatic heterocycles. The van der Waals surface area contributed by atoms with Crippen molar-refractivity contribution in [3.8, 4) is 17.2 Å². The van der Waals surface area contributed by atoms with E-state index < -0.39 is 19.7 Å². The molecule has 0 aliphatic carbocycles. The zero-order valence-electron chi connectivity index (χ0n) is 59.8. The van der Waals surface area contributed by atoms with Crippen LogP contribution in [0.15, 0.2) is 202 Å². The quantitative estimate of drug-likeness (QED) is 0.110. The zero-order valence-corrected chi connectivity index (χ0v) is 62.2. The molecule has 12 nitrogen and oxygen atoms in total. The van der Waals surface area contributed by atoms with Gasteiger partial charge in [0.1, 0.15) is 29.4 Å². The summed E-state index contributed by atoms with van der Waals surface area (Å²) in [4.78, 5) is 19.1. The van der Waals surface area contributed by atoms with Gasteiger partial charge in [0, 0.05) is 37.7 Å².